The number of aryl methyl sites for hydroxylation is 1. The first-order chi connectivity index (χ1) is 7.14. The zero-order valence-electron chi connectivity index (χ0n) is 8.92. The van der Waals surface area contributed by atoms with Crippen LogP contribution < -0.4 is 10.5 Å². The van der Waals surface area contributed by atoms with Crippen LogP contribution >= 0.6 is 0 Å². The van der Waals surface area contributed by atoms with Crippen molar-refractivity contribution in [3.63, 3.8) is 0 Å². The van der Waals surface area contributed by atoms with Crippen LogP contribution in [0.5, 0.6) is 5.75 Å². The molecule has 1 aromatic rings. The van der Waals surface area contributed by atoms with E-state index in [2.05, 4.69) is 0 Å². The summed E-state index contributed by atoms with van der Waals surface area (Å²) in [4.78, 5) is 0. The summed E-state index contributed by atoms with van der Waals surface area (Å²) in [7, 11) is 1.48. The molecule has 0 aromatic heterocycles. The first kappa shape index (κ1) is 10.4. The summed E-state index contributed by atoms with van der Waals surface area (Å²) < 4.78 is 18.6. The molecule has 2 rings (SSSR count). The van der Waals surface area contributed by atoms with E-state index >= 15 is 0 Å². The third-order valence-corrected chi connectivity index (χ3v) is 3.05. The van der Waals surface area contributed by atoms with Crippen molar-refractivity contribution < 1.29 is 9.13 Å². The molecule has 0 heterocycles. The smallest absolute Gasteiger partial charge is 0.168 e. The van der Waals surface area contributed by atoms with Crippen LogP contribution in [-0.4, -0.2) is 12.6 Å². The van der Waals surface area contributed by atoms with Crippen molar-refractivity contribution >= 4 is 0 Å². The number of methoxy groups -OCH3 is 1. The molecule has 1 saturated carbocycles. The molecular formula is C12H16FNO. The average molecular weight is 209 g/mol. The van der Waals surface area contributed by atoms with Gasteiger partial charge >= 0.3 is 0 Å². The van der Waals surface area contributed by atoms with Crippen molar-refractivity contribution in [3.05, 3.63) is 29.6 Å². The molecule has 82 valence electrons. The van der Waals surface area contributed by atoms with E-state index in [4.69, 9.17) is 10.5 Å². The Hall–Kier alpha value is -1.09. The second-order valence-corrected chi connectivity index (χ2v) is 4.30. The number of benzene rings is 1. The highest BCUT2D eigenvalue weighted by Crippen LogP contribution is 2.37. The van der Waals surface area contributed by atoms with E-state index in [9.17, 15) is 4.39 Å². The number of hydrogen-bond acceptors (Lipinski definition) is 2. The first-order valence-corrected chi connectivity index (χ1v) is 5.25. The highest BCUT2D eigenvalue weighted by atomic mass is 19.1. The van der Waals surface area contributed by atoms with E-state index < -0.39 is 0 Å². The van der Waals surface area contributed by atoms with Crippen molar-refractivity contribution in [3.8, 4) is 5.75 Å². The van der Waals surface area contributed by atoms with Crippen LogP contribution in [0, 0.1) is 5.82 Å². The molecule has 0 radical (unpaired) electrons. The van der Waals surface area contributed by atoms with Gasteiger partial charge in [0.05, 0.1) is 7.11 Å². The van der Waals surface area contributed by atoms with Crippen LogP contribution in [-0.2, 0) is 6.42 Å². The lowest BCUT2D eigenvalue weighted by atomic mass is 10.0. The summed E-state index contributed by atoms with van der Waals surface area (Å²) in [6.07, 6.45) is 3.69. The third kappa shape index (κ3) is 2.29. The lowest BCUT2D eigenvalue weighted by molar-refractivity contribution is 0.383. The van der Waals surface area contributed by atoms with Gasteiger partial charge in [-0.15, -0.1) is 0 Å². The SMILES string of the molecule is COc1cccc(CCC2(N)CC2)c1F. The monoisotopic (exact) mass is 209 g/mol. The number of hydrogen-bond donors (Lipinski definition) is 1. The molecule has 0 spiro atoms. The predicted molar refractivity (Wildman–Crippen MR) is 57.4 cm³/mol. The Morgan fingerprint density at radius 2 is 2.20 bits per heavy atom. The van der Waals surface area contributed by atoms with Gasteiger partial charge in [-0.1, -0.05) is 12.1 Å². The Bertz CT molecular complexity index is 361. The largest absolute Gasteiger partial charge is 0.494 e. The molecule has 1 aliphatic carbocycles. The first-order valence-electron chi connectivity index (χ1n) is 5.25. The summed E-state index contributed by atoms with van der Waals surface area (Å²) in [6, 6.07) is 5.24. The molecule has 0 unspecified atom stereocenters. The summed E-state index contributed by atoms with van der Waals surface area (Å²) in [6.45, 7) is 0. The van der Waals surface area contributed by atoms with E-state index in [1.165, 1.54) is 7.11 Å². The molecule has 0 atom stereocenters. The molecule has 0 saturated heterocycles. The number of ether oxygens (including phenoxy) is 1. The lowest BCUT2D eigenvalue weighted by Crippen LogP contribution is -2.22. The zero-order valence-corrected chi connectivity index (χ0v) is 8.92. The van der Waals surface area contributed by atoms with Gasteiger partial charge in [-0.05, 0) is 37.3 Å². The normalized spacial score (nSPS) is 17.5. The minimum Gasteiger partial charge on any atom is -0.494 e. The van der Waals surface area contributed by atoms with E-state index in [0.717, 1.165) is 19.3 Å². The van der Waals surface area contributed by atoms with E-state index in [-0.39, 0.29) is 11.4 Å². The van der Waals surface area contributed by atoms with Crippen molar-refractivity contribution in [1.82, 2.24) is 0 Å². The second kappa shape index (κ2) is 3.81. The van der Waals surface area contributed by atoms with E-state index in [1.807, 2.05) is 6.07 Å². The third-order valence-electron chi connectivity index (χ3n) is 3.05. The maximum Gasteiger partial charge on any atom is 0.168 e. The molecule has 0 aliphatic heterocycles. The Balaban J connectivity index is 2.07. The van der Waals surface area contributed by atoms with E-state index in [0.29, 0.717) is 17.7 Å². The fraction of sp³-hybridized carbons (Fsp3) is 0.500. The minimum absolute atomic E-state index is 0.0183. The Morgan fingerprint density at radius 1 is 1.47 bits per heavy atom. The topological polar surface area (TPSA) is 35.2 Å². The van der Waals surface area contributed by atoms with Crippen molar-refractivity contribution in [2.45, 2.75) is 31.2 Å². The van der Waals surface area contributed by atoms with Crippen LogP contribution in [0.2, 0.25) is 0 Å². The van der Waals surface area contributed by atoms with Crippen molar-refractivity contribution in [2.24, 2.45) is 5.73 Å². The second-order valence-electron chi connectivity index (χ2n) is 4.30. The molecule has 1 aliphatic rings. The van der Waals surface area contributed by atoms with Gasteiger partial charge in [0, 0.05) is 5.54 Å². The standard InChI is InChI=1S/C12H16FNO/c1-15-10-4-2-3-9(11(10)13)5-6-12(14)7-8-12/h2-4H,5-8,14H2,1H3. The Labute approximate surface area is 89.2 Å². The summed E-state index contributed by atoms with van der Waals surface area (Å²) in [5, 5.41) is 0. The van der Waals surface area contributed by atoms with E-state index in [1.54, 1.807) is 12.1 Å². The molecule has 0 amide bonds. The minimum atomic E-state index is -0.246. The zero-order chi connectivity index (χ0) is 10.9. The fourth-order valence-electron chi connectivity index (χ4n) is 1.70. The molecule has 15 heavy (non-hydrogen) atoms. The van der Waals surface area contributed by atoms with Gasteiger partial charge < -0.3 is 10.5 Å². The number of nitrogens with two attached hydrogens (primary N) is 1. The molecule has 3 heteroatoms. The maximum atomic E-state index is 13.7. The van der Waals surface area contributed by atoms with Crippen LogP contribution in [0.3, 0.4) is 0 Å². The van der Waals surface area contributed by atoms with Gasteiger partial charge in [-0.2, -0.15) is 0 Å². The summed E-state index contributed by atoms with van der Waals surface area (Å²) >= 11 is 0. The maximum absolute atomic E-state index is 13.7. The van der Waals surface area contributed by atoms with Gasteiger partial charge in [-0.3, -0.25) is 0 Å². The molecular weight excluding hydrogens is 193 g/mol. The van der Waals surface area contributed by atoms with Gasteiger partial charge in [-0.25, -0.2) is 4.39 Å². The van der Waals surface area contributed by atoms with Gasteiger partial charge in [0.1, 0.15) is 0 Å². The average Bonchev–Trinajstić information content (AvgIpc) is 2.96. The van der Waals surface area contributed by atoms with Gasteiger partial charge in [0.2, 0.25) is 0 Å². The molecule has 1 aromatic carbocycles. The highest BCUT2D eigenvalue weighted by Gasteiger charge is 2.37. The lowest BCUT2D eigenvalue weighted by Gasteiger charge is -2.10. The van der Waals surface area contributed by atoms with Crippen LogP contribution in [0.1, 0.15) is 24.8 Å². The van der Waals surface area contributed by atoms with Gasteiger partial charge in [0.15, 0.2) is 11.6 Å². The fourth-order valence-corrected chi connectivity index (χ4v) is 1.70. The Morgan fingerprint density at radius 3 is 2.80 bits per heavy atom. The molecule has 2 N–H and O–H groups in total. The molecule has 0 bridgehead atoms. The van der Waals surface area contributed by atoms with Crippen LogP contribution in [0.25, 0.3) is 0 Å². The quantitative estimate of drug-likeness (QED) is 0.825. The summed E-state index contributed by atoms with van der Waals surface area (Å²) in [5.41, 5.74) is 6.64. The highest BCUT2D eigenvalue weighted by molar-refractivity contribution is 5.31. The summed E-state index contributed by atoms with van der Waals surface area (Å²) in [5.74, 6) is 0.0682. The predicted octanol–water partition coefficient (Wildman–Crippen LogP) is 2.26. The van der Waals surface area contributed by atoms with Crippen molar-refractivity contribution in [1.29, 1.82) is 0 Å². The van der Waals surface area contributed by atoms with Crippen LogP contribution in [0.15, 0.2) is 18.2 Å². The van der Waals surface area contributed by atoms with Crippen molar-refractivity contribution in [2.75, 3.05) is 7.11 Å². The van der Waals surface area contributed by atoms with Crippen LogP contribution in [0.4, 0.5) is 4.39 Å². The number of rotatable bonds is 4. The Kier molecular flexibility index (Phi) is 2.65. The van der Waals surface area contributed by atoms with Gasteiger partial charge in [0.25, 0.3) is 0 Å². The molecule has 2 nitrogen and oxygen atoms in total. The number of halogens is 1. The molecule has 1 fully saturated rings.